The monoisotopic (exact) mass is 389 g/mol. The first kappa shape index (κ1) is 18.9. The summed E-state index contributed by atoms with van der Waals surface area (Å²) in [7, 11) is 2.99. The van der Waals surface area contributed by atoms with Crippen molar-refractivity contribution in [2.75, 3.05) is 27.4 Å². The largest absolute Gasteiger partial charge is 0.503 e. The van der Waals surface area contributed by atoms with Crippen molar-refractivity contribution >= 4 is 23.0 Å². The third-order valence-corrected chi connectivity index (χ3v) is 5.23. The number of aliphatic hydroxyl groups is 2. The van der Waals surface area contributed by atoms with Gasteiger partial charge in [0.1, 0.15) is 0 Å². The van der Waals surface area contributed by atoms with Gasteiger partial charge in [0.15, 0.2) is 17.3 Å². The fourth-order valence-electron chi connectivity index (χ4n) is 3.13. The smallest absolute Gasteiger partial charge is 0.290 e. The number of ketones is 1. The van der Waals surface area contributed by atoms with Crippen LogP contribution in [0.1, 0.15) is 21.3 Å². The number of carbonyl (C=O) groups is 2. The molecule has 1 atom stereocenters. The number of hydrogen-bond acceptors (Lipinski definition) is 7. The van der Waals surface area contributed by atoms with Crippen LogP contribution in [-0.2, 0) is 4.79 Å². The summed E-state index contributed by atoms with van der Waals surface area (Å²) in [5.74, 6) is -0.777. The zero-order valence-corrected chi connectivity index (χ0v) is 15.7. The van der Waals surface area contributed by atoms with Crippen LogP contribution in [0.5, 0.6) is 11.5 Å². The SMILES string of the molecule is COc1ccc(C2C(C(=O)c3cccs3)=C(O)C(=O)N2CCO)cc1OC. The molecule has 1 aromatic heterocycles. The maximum atomic E-state index is 13.0. The molecule has 1 aliphatic rings. The van der Waals surface area contributed by atoms with Crippen molar-refractivity contribution in [3.05, 3.63) is 57.5 Å². The highest BCUT2D eigenvalue weighted by molar-refractivity contribution is 7.12. The Hall–Kier alpha value is -2.84. The number of Topliss-reactive ketones (excluding diaryl/α,β-unsaturated/α-hetero) is 1. The van der Waals surface area contributed by atoms with E-state index >= 15 is 0 Å². The third kappa shape index (κ3) is 3.29. The summed E-state index contributed by atoms with van der Waals surface area (Å²) in [6, 6.07) is 7.55. The molecule has 1 amide bonds. The van der Waals surface area contributed by atoms with Crippen LogP contribution in [0, 0.1) is 0 Å². The van der Waals surface area contributed by atoms with Crippen molar-refractivity contribution in [1.29, 1.82) is 0 Å². The Morgan fingerprint density at radius 1 is 1.22 bits per heavy atom. The number of ether oxygens (including phenoxy) is 2. The summed E-state index contributed by atoms with van der Waals surface area (Å²) in [4.78, 5) is 27.2. The van der Waals surface area contributed by atoms with Crippen LogP contribution in [0.3, 0.4) is 0 Å². The molecule has 2 N–H and O–H groups in total. The minimum atomic E-state index is -0.834. The molecule has 2 aromatic rings. The van der Waals surface area contributed by atoms with E-state index in [1.165, 1.54) is 30.5 Å². The molecule has 0 saturated carbocycles. The molecular weight excluding hydrogens is 370 g/mol. The third-order valence-electron chi connectivity index (χ3n) is 4.36. The molecule has 0 aliphatic carbocycles. The highest BCUT2D eigenvalue weighted by atomic mass is 32.1. The Kier molecular flexibility index (Phi) is 5.48. The van der Waals surface area contributed by atoms with E-state index in [1.807, 2.05) is 0 Å². The summed E-state index contributed by atoms with van der Waals surface area (Å²) in [6.07, 6.45) is 0. The van der Waals surface area contributed by atoms with E-state index in [0.29, 0.717) is 21.9 Å². The number of nitrogens with zero attached hydrogens (tertiary/aromatic N) is 1. The molecule has 1 unspecified atom stereocenters. The molecule has 0 radical (unpaired) electrons. The van der Waals surface area contributed by atoms with E-state index in [2.05, 4.69) is 0 Å². The van der Waals surface area contributed by atoms with Crippen molar-refractivity contribution in [2.24, 2.45) is 0 Å². The van der Waals surface area contributed by atoms with Gasteiger partial charge >= 0.3 is 0 Å². The molecular formula is C19H19NO6S. The highest BCUT2D eigenvalue weighted by Gasteiger charge is 2.43. The first-order valence-corrected chi connectivity index (χ1v) is 9.06. The Morgan fingerprint density at radius 3 is 2.56 bits per heavy atom. The van der Waals surface area contributed by atoms with E-state index in [1.54, 1.807) is 35.7 Å². The first-order valence-electron chi connectivity index (χ1n) is 8.18. The Labute approximate surface area is 160 Å². The number of β-amino-alcohol motifs (C(OH)–C–C–N with tert-alkyl or cyclic N) is 1. The number of rotatable bonds is 7. The van der Waals surface area contributed by atoms with Crippen molar-refractivity contribution in [3.63, 3.8) is 0 Å². The van der Waals surface area contributed by atoms with Gasteiger partial charge in [-0.05, 0) is 29.1 Å². The second-order valence-corrected chi connectivity index (χ2v) is 6.76. The highest BCUT2D eigenvalue weighted by Crippen LogP contribution is 2.41. The average molecular weight is 389 g/mol. The van der Waals surface area contributed by atoms with Gasteiger partial charge in [-0.3, -0.25) is 9.59 Å². The van der Waals surface area contributed by atoms with Gasteiger partial charge in [0.2, 0.25) is 5.78 Å². The molecule has 0 bridgehead atoms. The summed E-state index contributed by atoms with van der Waals surface area (Å²) in [6.45, 7) is -0.327. The van der Waals surface area contributed by atoms with Crippen LogP contribution in [-0.4, -0.2) is 54.2 Å². The van der Waals surface area contributed by atoms with Gasteiger partial charge in [-0.1, -0.05) is 12.1 Å². The van der Waals surface area contributed by atoms with E-state index in [9.17, 15) is 19.8 Å². The predicted molar refractivity (Wildman–Crippen MR) is 99.4 cm³/mol. The molecule has 27 heavy (non-hydrogen) atoms. The van der Waals surface area contributed by atoms with Crippen LogP contribution in [0.4, 0.5) is 0 Å². The van der Waals surface area contributed by atoms with Gasteiger partial charge in [-0.25, -0.2) is 0 Å². The summed E-state index contributed by atoms with van der Waals surface area (Å²) in [5, 5.41) is 21.5. The molecule has 0 saturated heterocycles. The number of amides is 1. The fourth-order valence-corrected chi connectivity index (χ4v) is 3.81. The quantitative estimate of drug-likeness (QED) is 0.706. The van der Waals surface area contributed by atoms with Crippen LogP contribution in [0.25, 0.3) is 0 Å². The lowest BCUT2D eigenvalue weighted by atomic mass is 9.95. The first-order chi connectivity index (χ1) is 13.0. The second kappa shape index (κ2) is 7.81. The Balaban J connectivity index is 2.12. The number of methoxy groups -OCH3 is 2. The zero-order chi connectivity index (χ0) is 19.6. The lowest BCUT2D eigenvalue weighted by Crippen LogP contribution is -2.33. The van der Waals surface area contributed by atoms with Crippen LogP contribution >= 0.6 is 11.3 Å². The molecule has 2 heterocycles. The number of benzene rings is 1. The molecule has 1 aliphatic heterocycles. The van der Waals surface area contributed by atoms with E-state index < -0.39 is 23.5 Å². The lowest BCUT2D eigenvalue weighted by Gasteiger charge is -2.26. The average Bonchev–Trinajstić information content (AvgIpc) is 3.30. The van der Waals surface area contributed by atoms with E-state index in [0.717, 1.165) is 0 Å². The summed E-state index contributed by atoms with van der Waals surface area (Å²) >= 11 is 1.23. The lowest BCUT2D eigenvalue weighted by molar-refractivity contribution is -0.129. The molecule has 0 fully saturated rings. The van der Waals surface area contributed by atoms with Gasteiger partial charge < -0.3 is 24.6 Å². The molecule has 7 nitrogen and oxygen atoms in total. The van der Waals surface area contributed by atoms with Crippen LogP contribution < -0.4 is 9.47 Å². The van der Waals surface area contributed by atoms with Gasteiger partial charge in [0.05, 0.1) is 37.3 Å². The predicted octanol–water partition coefficient (Wildman–Crippen LogP) is 2.34. The standard InChI is InChI=1S/C19H19NO6S/c1-25-12-6-5-11(10-13(12)26-2)16-15(17(22)14-4-3-9-27-14)18(23)19(24)20(16)7-8-21/h3-6,9-10,16,21,23H,7-8H2,1-2H3. The number of carbonyl (C=O) groups excluding carboxylic acids is 2. The molecule has 1 aromatic carbocycles. The molecule has 0 spiro atoms. The van der Waals surface area contributed by atoms with Crippen molar-refractivity contribution < 1.29 is 29.3 Å². The van der Waals surface area contributed by atoms with Crippen LogP contribution in [0.15, 0.2) is 47.0 Å². The molecule has 8 heteroatoms. The van der Waals surface area contributed by atoms with Crippen molar-refractivity contribution in [2.45, 2.75) is 6.04 Å². The minimum Gasteiger partial charge on any atom is -0.503 e. The van der Waals surface area contributed by atoms with Gasteiger partial charge in [-0.15, -0.1) is 11.3 Å². The summed E-state index contributed by atoms with van der Waals surface area (Å²) < 4.78 is 10.5. The zero-order valence-electron chi connectivity index (χ0n) is 14.8. The van der Waals surface area contributed by atoms with Gasteiger partial charge in [0.25, 0.3) is 5.91 Å². The van der Waals surface area contributed by atoms with Gasteiger partial charge in [0, 0.05) is 6.54 Å². The normalized spacial score (nSPS) is 16.8. The second-order valence-electron chi connectivity index (χ2n) is 5.81. The van der Waals surface area contributed by atoms with Crippen molar-refractivity contribution in [3.8, 4) is 11.5 Å². The summed E-state index contributed by atoms with van der Waals surface area (Å²) in [5.41, 5.74) is 0.557. The fraction of sp³-hybridized carbons (Fsp3) is 0.263. The maximum Gasteiger partial charge on any atom is 0.290 e. The Morgan fingerprint density at radius 2 is 1.96 bits per heavy atom. The molecule has 3 rings (SSSR count). The number of thiophene rings is 1. The Bertz CT molecular complexity index is 890. The molecule has 142 valence electrons. The number of aliphatic hydroxyl groups excluding tert-OH is 2. The van der Waals surface area contributed by atoms with Gasteiger partial charge in [-0.2, -0.15) is 0 Å². The van der Waals surface area contributed by atoms with Crippen LogP contribution in [0.2, 0.25) is 0 Å². The van der Waals surface area contributed by atoms with Crippen molar-refractivity contribution in [1.82, 2.24) is 4.90 Å². The van der Waals surface area contributed by atoms with E-state index in [4.69, 9.17) is 9.47 Å². The minimum absolute atomic E-state index is 0.0110. The number of hydrogen-bond donors (Lipinski definition) is 2. The topological polar surface area (TPSA) is 96.3 Å². The van der Waals surface area contributed by atoms with E-state index in [-0.39, 0.29) is 18.7 Å². The maximum absolute atomic E-state index is 13.0.